The van der Waals surface area contributed by atoms with Crippen LogP contribution >= 0.6 is 0 Å². The summed E-state index contributed by atoms with van der Waals surface area (Å²) in [5.41, 5.74) is 0.290. The van der Waals surface area contributed by atoms with Gasteiger partial charge in [0.1, 0.15) is 11.4 Å². The minimum absolute atomic E-state index is 0.0790. The van der Waals surface area contributed by atoms with Gasteiger partial charge < -0.3 is 24.3 Å². The van der Waals surface area contributed by atoms with Gasteiger partial charge in [-0.2, -0.15) is 0 Å². The maximum atomic E-state index is 14.0. The Labute approximate surface area is 172 Å². The molecule has 2 aliphatic rings. The van der Waals surface area contributed by atoms with Crippen molar-refractivity contribution in [3.05, 3.63) is 62.8 Å². The van der Waals surface area contributed by atoms with Gasteiger partial charge >= 0.3 is 0 Å². The van der Waals surface area contributed by atoms with Gasteiger partial charge in [-0.15, -0.1) is 0 Å². The molecule has 30 heavy (non-hydrogen) atoms. The van der Waals surface area contributed by atoms with Gasteiger partial charge in [0, 0.05) is 18.3 Å². The molecule has 1 fully saturated rings. The topological polar surface area (TPSA) is 89.9 Å². The van der Waals surface area contributed by atoms with E-state index in [-0.39, 0.29) is 42.0 Å². The third-order valence-corrected chi connectivity index (χ3v) is 5.44. The summed E-state index contributed by atoms with van der Waals surface area (Å²) in [6, 6.07) is 4.57. The lowest BCUT2D eigenvalue weighted by Gasteiger charge is -2.34. The summed E-state index contributed by atoms with van der Waals surface area (Å²) < 4.78 is 26.4. The minimum atomic E-state index is -0.690. The van der Waals surface area contributed by atoms with Crippen molar-refractivity contribution in [3.8, 4) is 5.75 Å². The van der Waals surface area contributed by atoms with E-state index in [0.717, 1.165) is 5.56 Å². The van der Waals surface area contributed by atoms with Gasteiger partial charge in [-0.05, 0) is 25.5 Å². The van der Waals surface area contributed by atoms with Gasteiger partial charge in [-0.1, -0.05) is 12.1 Å². The lowest BCUT2D eigenvalue weighted by atomic mass is 10.1. The number of methoxy groups -OCH3 is 1. The van der Waals surface area contributed by atoms with Crippen molar-refractivity contribution in [3.63, 3.8) is 0 Å². The predicted octanol–water partition coefficient (Wildman–Crippen LogP) is 1.44. The zero-order valence-electron chi connectivity index (χ0n) is 16.9. The van der Waals surface area contributed by atoms with Crippen LogP contribution in [0.25, 0.3) is 0 Å². The van der Waals surface area contributed by atoms with Gasteiger partial charge in [0.2, 0.25) is 5.43 Å². The number of hydrogen-bond donors (Lipinski definition) is 1. The second kappa shape index (κ2) is 7.56. The van der Waals surface area contributed by atoms with Crippen LogP contribution in [0.4, 0.5) is 4.39 Å². The maximum Gasteiger partial charge on any atom is 0.276 e. The van der Waals surface area contributed by atoms with Crippen molar-refractivity contribution < 1.29 is 23.5 Å². The van der Waals surface area contributed by atoms with Crippen LogP contribution in [0, 0.1) is 12.7 Å². The van der Waals surface area contributed by atoms with E-state index in [1.807, 2.05) is 6.92 Å². The normalized spacial score (nSPS) is 20.0. The number of carbonyl (C=O) groups is 2. The van der Waals surface area contributed by atoms with Crippen LogP contribution in [0.2, 0.25) is 0 Å². The monoisotopic (exact) mass is 415 g/mol. The van der Waals surface area contributed by atoms with Gasteiger partial charge in [0.25, 0.3) is 11.8 Å². The standard InChI is InChI=1S/C21H22FN3O5/c1-11-4-5-13(15(22)6-11)7-23-20(27)14-8-24-9-16-25(12(2)10-30-16)21(28)17(24)19(29-3)18(14)26/h4-6,8,12,16H,7,9-10H2,1-3H3,(H,23,27)/t12-,16+/m0/s1. The van der Waals surface area contributed by atoms with Crippen LogP contribution in [-0.2, 0) is 17.8 Å². The Bertz CT molecular complexity index is 1100. The quantitative estimate of drug-likeness (QED) is 0.816. The molecule has 2 aromatic rings. The van der Waals surface area contributed by atoms with Gasteiger partial charge in [0.05, 0.1) is 26.3 Å². The number of amides is 2. The minimum Gasteiger partial charge on any atom is -0.491 e. The van der Waals surface area contributed by atoms with Gasteiger partial charge in [-0.3, -0.25) is 14.4 Å². The van der Waals surface area contributed by atoms with E-state index in [1.54, 1.807) is 24.0 Å². The first kappa shape index (κ1) is 20.1. The SMILES string of the molecule is COc1c2n(cc(C(=O)NCc3ccc(C)cc3F)c1=O)C[C@H]1OC[C@H](C)N1C2=O. The number of ether oxygens (including phenoxy) is 2. The zero-order valence-corrected chi connectivity index (χ0v) is 16.9. The van der Waals surface area contributed by atoms with E-state index in [2.05, 4.69) is 5.32 Å². The molecule has 0 unspecified atom stereocenters. The Morgan fingerprint density at radius 2 is 2.13 bits per heavy atom. The first-order valence-corrected chi connectivity index (χ1v) is 9.60. The highest BCUT2D eigenvalue weighted by atomic mass is 19.1. The first-order chi connectivity index (χ1) is 14.3. The Balaban J connectivity index is 1.66. The number of halogens is 1. The molecule has 0 aliphatic carbocycles. The Morgan fingerprint density at radius 1 is 1.37 bits per heavy atom. The summed E-state index contributed by atoms with van der Waals surface area (Å²) in [4.78, 5) is 40.1. The summed E-state index contributed by atoms with van der Waals surface area (Å²) in [5.74, 6) is -1.68. The molecule has 9 heteroatoms. The van der Waals surface area contributed by atoms with Crippen LogP contribution in [0.15, 0.2) is 29.2 Å². The molecule has 0 spiro atoms. The summed E-state index contributed by atoms with van der Waals surface area (Å²) in [6.07, 6.45) is 0.868. The Kier molecular flexibility index (Phi) is 5.07. The number of pyridine rings is 1. The molecule has 1 saturated heterocycles. The summed E-state index contributed by atoms with van der Waals surface area (Å²) in [6.45, 7) is 4.22. The number of fused-ring (bicyclic) bond motifs is 2. The molecule has 3 heterocycles. The number of aryl methyl sites for hydroxylation is 1. The molecule has 2 aliphatic heterocycles. The molecule has 0 radical (unpaired) electrons. The highest BCUT2D eigenvalue weighted by Gasteiger charge is 2.43. The van der Waals surface area contributed by atoms with Crippen molar-refractivity contribution in [2.24, 2.45) is 0 Å². The molecule has 0 bridgehead atoms. The molecule has 1 aromatic carbocycles. The van der Waals surface area contributed by atoms with Gasteiger partial charge in [-0.25, -0.2) is 4.39 Å². The zero-order chi connectivity index (χ0) is 21.6. The van der Waals surface area contributed by atoms with Crippen LogP contribution in [0.1, 0.15) is 38.9 Å². The number of nitrogens with one attached hydrogen (secondary N) is 1. The van der Waals surface area contributed by atoms with Crippen LogP contribution < -0.4 is 15.5 Å². The number of nitrogens with zero attached hydrogens (tertiary/aromatic N) is 2. The average Bonchev–Trinajstić information content (AvgIpc) is 3.08. The summed E-state index contributed by atoms with van der Waals surface area (Å²) >= 11 is 0. The van der Waals surface area contributed by atoms with Crippen molar-refractivity contribution in [2.45, 2.75) is 39.2 Å². The van der Waals surface area contributed by atoms with E-state index >= 15 is 0 Å². The first-order valence-electron chi connectivity index (χ1n) is 9.60. The van der Waals surface area contributed by atoms with E-state index in [9.17, 15) is 18.8 Å². The van der Waals surface area contributed by atoms with Crippen LogP contribution in [-0.4, -0.2) is 47.3 Å². The molecule has 2 amide bonds. The smallest absolute Gasteiger partial charge is 0.276 e. The predicted molar refractivity (Wildman–Crippen MR) is 105 cm³/mol. The van der Waals surface area contributed by atoms with E-state index in [4.69, 9.17) is 9.47 Å². The molecule has 8 nitrogen and oxygen atoms in total. The molecule has 2 atom stereocenters. The third-order valence-electron chi connectivity index (χ3n) is 5.44. The molecular formula is C21H22FN3O5. The number of benzene rings is 1. The van der Waals surface area contributed by atoms with E-state index < -0.39 is 23.4 Å². The second-order valence-electron chi connectivity index (χ2n) is 7.53. The molecule has 158 valence electrons. The molecule has 1 aromatic heterocycles. The fourth-order valence-electron chi connectivity index (χ4n) is 3.88. The van der Waals surface area contributed by atoms with Crippen molar-refractivity contribution >= 4 is 11.8 Å². The maximum absolute atomic E-state index is 14.0. The lowest BCUT2D eigenvalue weighted by molar-refractivity contribution is 0.00621. The number of rotatable bonds is 4. The van der Waals surface area contributed by atoms with Gasteiger partial charge in [0.15, 0.2) is 17.7 Å². The molecular weight excluding hydrogens is 393 g/mol. The number of aromatic nitrogens is 1. The summed E-state index contributed by atoms with van der Waals surface area (Å²) in [5, 5.41) is 2.56. The fourth-order valence-corrected chi connectivity index (χ4v) is 3.88. The largest absolute Gasteiger partial charge is 0.491 e. The molecule has 0 saturated carbocycles. The average molecular weight is 415 g/mol. The second-order valence-corrected chi connectivity index (χ2v) is 7.53. The Hall–Kier alpha value is -3.20. The van der Waals surface area contributed by atoms with Crippen molar-refractivity contribution in [2.75, 3.05) is 13.7 Å². The highest BCUT2D eigenvalue weighted by molar-refractivity contribution is 5.99. The number of hydrogen-bond acceptors (Lipinski definition) is 5. The van der Waals surface area contributed by atoms with Crippen molar-refractivity contribution in [1.29, 1.82) is 0 Å². The van der Waals surface area contributed by atoms with E-state index in [0.29, 0.717) is 12.2 Å². The highest BCUT2D eigenvalue weighted by Crippen LogP contribution is 2.29. The van der Waals surface area contributed by atoms with Crippen LogP contribution in [0.5, 0.6) is 5.75 Å². The molecule has 4 rings (SSSR count). The third kappa shape index (κ3) is 3.24. The Morgan fingerprint density at radius 3 is 2.83 bits per heavy atom. The number of carbonyl (C=O) groups excluding carboxylic acids is 2. The fraction of sp³-hybridized carbons (Fsp3) is 0.381. The summed E-state index contributed by atoms with van der Waals surface area (Å²) in [7, 11) is 1.28. The lowest BCUT2D eigenvalue weighted by Crippen LogP contribution is -2.49. The van der Waals surface area contributed by atoms with Crippen molar-refractivity contribution in [1.82, 2.24) is 14.8 Å². The van der Waals surface area contributed by atoms with Crippen LogP contribution in [0.3, 0.4) is 0 Å². The molecule has 1 N–H and O–H groups in total. The van der Waals surface area contributed by atoms with E-state index in [1.165, 1.54) is 23.9 Å².